The van der Waals surface area contributed by atoms with Crippen LogP contribution in [0.4, 0.5) is 0 Å². The van der Waals surface area contributed by atoms with Crippen molar-refractivity contribution < 1.29 is 14.3 Å². The number of carbonyl (C=O) groups excluding carboxylic acids is 1. The van der Waals surface area contributed by atoms with E-state index in [1.54, 1.807) is 4.70 Å². The van der Waals surface area contributed by atoms with Crippen LogP contribution in [0.2, 0.25) is 0 Å². The van der Waals surface area contributed by atoms with E-state index in [2.05, 4.69) is 10.1 Å². The molecule has 0 saturated carbocycles. The molecule has 0 amide bonds. The lowest BCUT2D eigenvalue weighted by Gasteiger charge is -2.07. The fourth-order valence-corrected chi connectivity index (χ4v) is 1.41. The SMILES string of the molecule is O=C1ON=[N+]2CCCCC12. The van der Waals surface area contributed by atoms with Crippen LogP contribution < -0.4 is 0 Å². The molecule has 4 nitrogen and oxygen atoms in total. The van der Waals surface area contributed by atoms with Crippen LogP contribution in [0.1, 0.15) is 19.3 Å². The van der Waals surface area contributed by atoms with Crippen molar-refractivity contribution in [1.82, 2.24) is 0 Å². The van der Waals surface area contributed by atoms with Crippen molar-refractivity contribution in [3.05, 3.63) is 0 Å². The van der Waals surface area contributed by atoms with Crippen LogP contribution >= 0.6 is 0 Å². The molecule has 1 atom stereocenters. The van der Waals surface area contributed by atoms with Gasteiger partial charge in [-0.05, 0) is 6.42 Å². The van der Waals surface area contributed by atoms with E-state index in [0.29, 0.717) is 0 Å². The van der Waals surface area contributed by atoms with Crippen LogP contribution in [0.5, 0.6) is 0 Å². The number of carbonyl (C=O) groups is 1. The van der Waals surface area contributed by atoms with E-state index in [9.17, 15) is 4.79 Å². The molecule has 0 radical (unpaired) electrons. The summed E-state index contributed by atoms with van der Waals surface area (Å²) in [5.41, 5.74) is 0. The van der Waals surface area contributed by atoms with Gasteiger partial charge in [-0.25, -0.2) is 4.79 Å². The first-order valence-corrected chi connectivity index (χ1v) is 3.56. The minimum atomic E-state index is -0.181. The molecule has 4 heteroatoms. The summed E-state index contributed by atoms with van der Waals surface area (Å²) in [6, 6.07) is -0.0613. The summed E-state index contributed by atoms with van der Waals surface area (Å²) < 4.78 is 1.74. The standard InChI is InChI=1S/C6H9N2O2/c9-6-5-3-1-2-4-8(5)7-10-6/h5H,1-4H2/q+1. The normalized spacial score (nSPS) is 31.0. The Kier molecular flexibility index (Phi) is 1.19. The van der Waals surface area contributed by atoms with Gasteiger partial charge < -0.3 is 0 Å². The van der Waals surface area contributed by atoms with Gasteiger partial charge in [-0.1, -0.05) is 4.70 Å². The number of rotatable bonds is 0. The molecule has 0 aromatic carbocycles. The van der Waals surface area contributed by atoms with Crippen molar-refractivity contribution in [2.24, 2.45) is 5.28 Å². The monoisotopic (exact) mass is 141 g/mol. The zero-order valence-electron chi connectivity index (χ0n) is 5.62. The molecule has 0 N–H and O–H groups in total. The number of nitrogens with zero attached hydrogens (tertiary/aromatic N) is 2. The lowest BCUT2D eigenvalue weighted by molar-refractivity contribution is -0.624. The van der Waals surface area contributed by atoms with E-state index in [4.69, 9.17) is 0 Å². The summed E-state index contributed by atoms with van der Waals surface area (Å²) in [5.74, 6) is -0.181. The third-order valence-electron chi connectivity index (χ3n) is 1.98. The molecule has 0 bridgehead atoms. The molecule has 2 heterocycles. The van der Waals surface area contributed by atoms with Crippen LogP contribution in [0.25, 0.3) is 0 Å². The Morgan fingerprint density at radius 2 is 2.50 bits per heavy atom. The van der Waals surface area contributed by atoms with E-state index in [0.717, 1.165) is 25.8 Å². The topological polar surface area (TPSA) is 41.7 Å². The Balaban J connectivity index is 2.18. The number of hydrogen-bond acceptors (Lipinski definition) is 3. The molecule has 2 aliphatic rings. The molecule has 1 unspecified atom stereocenters. The van der Waals surface area contributed by atoms with Gasteiger partial charge in [0.25, 0.3) is 6.04 Å². The van der Waals surface area contributed by atoms with Gasteiger partial charge in [-0.3, -0.25) is 4.84 Å². The zero-order chi connectivity index (χ0) is 6.97. The molecule has 2 rings (SSSR count). The molecular formula is C6H9N2O2+. The van der Waals surface area contributed by atoms with E-state index in [-0.39, 0.29) is 12.0 Å². The lowest BCUT2D eigenvalue weighted by Crippen LogP contribution is -2.32. The first kappa shape index (κ1) is 5.82. The molecule has 54 valence electrons. The minimum Gasteiger partial charge on any atom is -0.261 e. The third kappa shape index (κ3) is 0.716. The maximum Gasteiger partial charge on any atom is 0.410 e. The highest BCUT2D eigenvalue weighted by Crippen LogP contribution is 2.18. The van der Waals surface area contributed by atoms with Crippen molar-refractivity contribution in [3.8, 4) is 0 Å². The second-order valence-corrected chi connectivity index (χ2v) is 2.67. The first-order chi connectivity index (χ1) is 4.88. The van der Waals surface area contributed by atoms with Gasteiger partial charge >= 0.3 is 5.97 Å². The Morgan fingerprint density at radius 1 is 1.60 bits per heavy atom. The van der Waals surface area contributed by atoms with Crippen LogP contribution in [0, 0.1) is 0 Å². The van der Waals surface area contributed by atoms with Crippen LogP contribution in [-0.2, 0) is 9.63 Å². The summed E-state index contributed by atoms with van der Waals surface area (Å²) in [4.78, 5) is 15.4. The molecular weight excluding hydrogens is 132 g/mol. The Morgan fingerprint density at radius 3 is 3.30 bits per heavy atom. The van der Waals surface area contributed by atoms with Crippen molar-refractivity contribution in [2.75, 3.05) is 6.54 Å². The maximum atomic E-state index is 10.9. The van der Waals surface area contributed by atoms with Gasteiger partial charge in [0.2, 0.25) is 0 Å². The smallest absolute Gasteiger partial charge is 0.261 e. The van der Waals surface area contributed by atoms with E-state index in [1.807, 2.05) is 0 Å². The van der Waals surface area contributed by atoms with Gasteiger partial charge in [0.1, 0.15) is 0 Å². The Hall–Kier alpha value is -0.930. The first-order valence-electron chi connectivity index (χ1n) is 3.56. The van der Waals surface area contributed by atoms with Crippen molar-refractivity contribution in [2.45, 2.75) is 25.3 Å². The summed E-state index contributed by atoms with van der Waals surface area (Å²) in [6.45, 7) is 0.871. The fraction of sp³-hybridized carbons (Fsp3) is 0.833. The van der Waals surface area contributed by atoms with Gasteiger partial charge in [0.05, 0.1) is 0 Å². The number of hydrogen-bond donors (Lipinski definition) is 0. The summed E-state index contributed by atoms with van der Waals surface area (Å²) in [7, 11) is 0. The van der Waals surface area contributed by atoms with E-state index < -0.39 is 0 Å². The average molecular weight is 141 g/mol. The molecule has 2 aliphatic heterocycles. The molecule has 1 fully saturated rings. The highest BCUT2D eigenvalue weighted by atomic mass is 16.7. The van der Waals surface area contributed by atoms with Crippen molar-refractivity contribution in [3.63, 3.8) is 0 Å². The van der Waals surface area contributed by atoms with Gasteiger partial charge in [-0.2, -0.15) is 0 Å². The van der Waals surface area contributed by atoms with Gasteiger partial charge in [0, 0.05) is 12.8 Å². The second kappa shape index (κ2) is 2.04. The predicted molar refractivity (Wildman–Crippen MR) is 31.3 cm³/mol. The molecule has 0 aromatic heterocycles. The minimum absolute atomic E-state index is 0.0613. The van der Waals surface area contributed by atoms with Crippen LogP contribution in [0.3, 0.4) is 0 Å². The summed E-state index contributed by atoms with van der Waals surface area (Å²) in [6.07, 6.45) is 3.14. The van der Waals surface area contributed by atoms with Gasteiger partial charge in [-0.15, -0.1) is 0 Å². The molecule has 0 spiro atoms. The summed E-state index contributed by atoms with van der Waals surface area (Å²) in [5, 5.41) is 3.62. The molecule has 10 heavy (non-hydrogen) atoms. The fourth-order valence-electron chi connectivity index (χ4n) is 1.41. The van der Waals surface area contributed by atoms with E-state index in [1.165, 1.54) is 0 Å². The van der Waals surface area contributed by atoms with Crippen molar-refractivity contribution in [1.29, 1.82) is 0 Å². The van der Waals surface area contributed by atoms with Crippen molar-refractivity contribution >= 4 is 5.97 Å². The average Bonchev–Trinajstić information content (AvgIpc) is 2.34. The Labute approximate surface area is 58.4 Å². The van der Waals surface area contributed by atoms with Crippen LogP contribution in [0.15, 0.2) is 5.28 Å². The summed E-state index contributed by atoms with van der Waals surface area (Å²) >= 11 is 0. The van der Waals surface area contributed by atoms with Crippen LogP contribution in [-0.4, -0.2) is 23.3 Å². The second-order valence-electron chi connectivity index (χ2n) is 2.67. The lowest BCUT2D eigenvalue weighted by atomic mass is 10.1. The maximum absolute atomic E-state index is 10.9. The zero-order valence-corrected chi connectivity index (χ0v) is 5.62. The predicted octanol–water partition coefficient (Wildman–Crippen LogP) is 0.475. The highest BCUT2D eigenvalue weighted by molar-refractivity contribution is 5.74. The van der Waals surface area contributed by atoms with Gasteiger partial charge in [0.15, 0.2) is 11.8 Å². The largest absolute Gasteiger partial charge is 0.410 e. The quantitative estimate of drug-likeness (QED) is 0.460. The third-order valence-corrected chi connectivity index (χ3v) is 1.98. The molecule has 0 aliphatic carbocycles. The number of piperidine rings is 1. The highest BCUT2D eigenvalue weighted by Gasteiger charge is 2.41. The Bertz CT molecular complexity index is 200. The number of fused-ring (bicyclic) bond motifs is 1. The molecule has 1 saturated heterocycles. The van der Waals surface area contributed by atoms with E-state index >= 15 is 0 Å². The molecule has 0 aromatic rings.